The Kier molecular flexibility index (Phi) is 5.48. The van der Waals surface area contributed by atoms with Gasteiger partial charge in [-0.3, -0.25) is 4.79 Å². The fraction of sp³-hybridized carbons (Fsp3) is 0.421. The van der Waals surface area contributed by atoms with Gasteiger partial charge in [0.25, 0.3) is 0 Å². The first-order valence-corrected chi connectivity index (χ1v) is 8.52. The van der Waals surface area contributed by atoms with E-state index in [-0.39, 0.29) is 12.0 Å². The van der Waals surface area contributed by atoms with Gasteiger partial charge in [0, 0.05) is 18.7 Å². The number of hydrogen-bond donors (Lipinski definition) is 0. The first-order chi connectivity index (χ1) is 12.1. The lowest BCUT2D eigenvalue weighted by Crippen LogP contribution is -2.45. The summed E-state index contributed by atoms with van der Waals surface area (Å²) in [7, 11) is 1.55. The molecule has 1 atom stereocenters. The van der Waals surface area contributed by atoms with Crippen LogP contribution in [-0.4, -0.2) is 47.3 Å². The molecule has 25 heavy (non-hydrogen) atoms. The van der Waals surface area contributed by atoms with Crippen LogP contribution in [0.3, 0.4) is 0 Å². The van der Waals surface area contributed by atoms with Crippen LogP contribution in [0.1, 0.15) is 24.0 Å². The molecule has 2 aromatic rings. The fourth-order valence-corrected chi connectivity index (χ4v) is 3.02. The summed E-state index contributed by atoms with van der Waals surface area (Å²) < 4.78 is 10.9. The highest BCUT2D eigenvalue weighted by molar-refractivity contribution is 5.79. The molecule has 0 radical (unpaired) electrons. The van der Waals surface area contributed by atoms with Gasteiger partial charge in [-0.1, -0.05) is 29.8 Å². The van der Waals surface area contributed by atoms with Crippen LogP contribution in [0.5, 0.6) is 11.8 Å². The summed E-state index contributed by atoms with van der Waals surface area (Å²) in [6, 6.07) is 11.5. The van der Waals surface area contributed by atoms with Crippen molar-refractivity contribution in [1.29, 1.82) is 0 Å². The van der Waals surface area contributed by atoms with Crippen LogP contribution in [-0.2, 0) is 11.2 Å². The van der Waals surface area contributed by atoms with Crippen molar-refractivity contribution in [3.63, 3.8) is 0 Å². The van der Waals surface area contributed by atoms with Crippen LogP contribution in [0, 0.1) is 6.92 Å². The molecule has 1 saturated heterocycles. The highest BCUT2D eigenvalue weighted by Gasteiger charge is 2.25. The number of piperidine rings is 1. The maximum Gasteiger partial charge on any atom is 0.233 e. The van der Waals surface area contributed by atoms with Gasteiger partial charge < -0.3 is 14.4 Å². The topological polar surface area (TPSA) is 64.6 Å². The molecule has 3 rings (SSSR count). The Labute approximate surface area is 147 Å². The van der Waals surface area contributed by atoms with Crippen molar-refractivity contribution in [2.24, 2.45) is 0 Å². The molecular formula is C19H23N3O3. The molecule has 1 unspecified atom stereocenters. The van der Waals surface area contributed by atoms with E-state index in [9.17, 15) is 4.79 Å². The molecule has 1 amide bonds. The standard InChI is InChI=1S/C19H23N3O3/c1-14-5-3-6-15(11-14)12-19(23)22-10-4-7-16(13-22)25-18-9-8-17(24-2)20-21-18/h3,5-6,8-9,11,16H,4,7,10,12-13H2,1-2H3. The van der Waals surface area contributed by atoms with Crippen LogP contribution < -0.4 is 9.47 Å². The molecule has 0 bridgehead atoms. The van der Waals surface area contributed by atoms with E-state index in [0.717, 1.165) is 24.9 Å². The number of nitrogens with zero attached hydrogens (tertiary/aromatic N) is 3. The third-order valence-corrected chi connectivity index (χ3v) is 4.28. The SMILES string of the molecule is COc1ccc(OC2CCCN(C(=O)Cc3cccc(C)c3)C2)nn1. The molecule has 1 aromatic carbocycles. The molecule has 6 heteroatoms. The van der Waals surface area contributed by atoms with Gasteiger partial charge in [0.05, 0.1) is 20.1 Å². The normalized spacial score (nSPS) is 17.2. The number of benzene rings is 1. The van der Waals surface area contributed by atoms with Crippen molar-refractivity contribution in [2.45, 2.75) is 32.3 Å². The van der Waals surface area contributed by atoms with E-state index < -0.39 is 0 Å². The van der Waals surface area contributed by atoms with E-state index >= 15 is 0 Å². The van der Waals surface area contributed by atoms with Crippen LogP contribution in [0.2, 0.25) is 0 Å². The summed E-state index contributed by atoms with van der Waals surface area (Å²) in [5.74, 6) is 1.05. The first-order valence-electron chi connectivity index (χ1n) is 8.52. The van der Waals surface area contributed by atoms with Crippen LogP contribution >= 0.6 is 0 Å². The van der Waals surface area contributed by atoms with E-state index in [1.54, 1.807) is 19.2 Å². The minimum Gasteiger partial charge on any atom is -0.480 e. The number of methoxy groups -OCH3 is 1. The van der Waals surface area contributed by atoms with Gasteiger partial charge in [-0.15, -0.1) is 10.2 Å². The summed E-state index contributed by atoms with van der Waals surface area (Å²) in [5.41, 5.74) is 2.22. The van der Waals surface area contributed by atoms with Crippen molar-refractivity contribution in [3.8, 4) is 11.8 Å². The lowest BCUT2D eigenvalue weighted by Gasteiger charge is -2.32. The second-order valence-corrected chi connectivity index (χ2v) is 6.30. The van der Waals surface area contributed by atoms with Gasteiger partial charge in [0.15, 0.2) is 0 Å². The van der Waals surface area contributed by atoms with Gasteiger partial charge in [0.2, 0.25) is 17.7 Å². The fourth-order valence-electron chi connectivity index (χ4n) is 3.02. The Bertz CT molecular complexity index is 718. The summed E-state index contributed by atoms with van der Waals surface area (Å²) in [6.45, 7) is 3.39. The predicted octanol–water partition coefficient (Wildman–Crippen LogP) is 2.41. The Morgan fingerprint density at radius 3 is 2.76 bits per heavy atom. The molecule has 0 N–H and O–H groups in total. The second-order valence-electron chi connectivity index (χ2n) is 6.30. The number of carbonyl (C=O) groups is 1. The highest BCUT2D eigenvalue weighted by atomic mass is 16.5. The number of likely N-dealkylation sites (tertiary alicyclic amines) is 1. The van der Waals surface area contributed by atoms with Gasteiger partial charge in [0.1, 0.15) is 6.10 Å². The number of hydrogen-bond acceptors (Lipinski definition) is 5. The zero-order chi connectivity index (χ0) is 17.6. The van der Waals surface area contributed by atoms with Gasteiger partial charge in [-0.05, 0) is 25.3 Å². The summed E-state index contributed by atoms with van der Waals surface area (Å²) in [5, 5.41) is 7.89. The van der Waals surface area contributed by atoms with Crippen molar-refractivity contribution < 1.29 is 14.3 Å². The molecule has 0 spiro atoms. The Morgan fingerprint density at radius 1 is 1.24 bits per heavy atom. The average molecular weight is 341 g/mol. The first kappa shape index (κ1) is 17.2. The summed E-state index contributed by atoms with van der Waals surface area (Å²) >= 11 is 0. The Hall–Kier alpha value is -2.63. The second kappa shape index (κ2) is 7.96. The number of amides is 1. The highest BCUT2D eigenvalue weighted by Crippen LogP contribution is 2.18. The smallest absolute Gasteiger partial charge is 0.233 e. The van der Waals surface area contributed by atoms with Gasteiger partial charge >= 0.3 is 0 Å². The lowest BCUT2D eigenvalue weighted by atomic mass is 10.1. The van der Waals surface area contributed by atoms with E-state index in [1.165, 1.54) is 5.56 Å². The van der Waals surface area contributed by atoms with Crippen molar-refractivity contribution in [1.82, 2.24) is 15.1 Å². The number of aromatic nitrogens is 2. The molecule has 1 aliphatic heterocycles. The number of rotatable bonds is 5. The minimum atomic E-state index is -0.0575. The maximum absolute atomic E-state index is 12.6. The average Bonchev–Trinajstić information content (AvgIpc) is 2.62. The number of ether oxygens (including phenoxy) is 2. The minimum absolute atomic E-state index is 0.0575. The van der Waals surface area contributed by atoms with E-state index in [2.05, 4.69) is 16.3 Å². The quantitative estimate of drug-likeness (QED) is 0.836. The van der Waals surface area contributed by atoms with Crippen molar-refractivity contribution in [3.05, 3.63) is 47.5 Å². The molecule has 132 valence electrons. The molecule has 0 saturated carbocycles. The molecule has 6 nitrogen and oxygen atoms in total. The van der Waals surface area contributed by atoms with Crippen LogP contribution in [0.15, 0.2) is 36.4 Å². The molecule has 2 heterocycles. The van der Waals surface area contributed by atoms with E-state index in [1.807, 2.05) is 30.0 Å². The largest absolute Gasteiger partial charge is 0.480 e. The summed E-state index contributed by atoms with van der Waals surface area (Å²) in [6.07, 6.45) is 2.20. The van der Waals surface area contributed by atoms with Crippen molar-refractivity contribution >= 4 is 5.91 Å². The maximum atomic E-state index is 12.6. The zero-order valence-corrected chi connectivity index (χ0v) is 14.6. The van der Waals surface area contributed by atoms with Crippen LogP contribution in [0.4, 0.5) is 0 Å². The van der Waals surface area contributed by atoms with E-state index in [4.69, 9.17) is 9.47 Å². The predicted molar refractivity (Wildman–Crippen MR) is 93.7 cm³/mol. The molecule has 1 aromatic heterocycles. The Morgan fingerprint density at radius 2 is 2.04 bits per heavy atom. The third kappa shape index (κ3) is 4.68. The van der Waals surface area contributed by atoms with Crippen molar-refractivity contribution in [2.75, 3.05) is 20.2 Å². The Balaban J connectivity index is 1.57. The van der Waals surface area contributed by atoms with Gasteiger partial charge in [-0.2, -0.15) is 0 Å². The van der Waals surface area contributed by atoms with Gasteiger partial charge in [-0.25, -0.2) is 0 Å². The van der Waals surface area contributed by atoms with Crippen LogP contribution in [0.25, 0.3) is 0 Å². The number of aryl methyl sites for hydroxylation is 1. The zero-order valence-electron chi connectivity index (χ0n) is 14.6. The monoisotopic (exact) mass is 341 g/mol. The molecule has 1 aliphatic rings. The molecular weight excluding hydrogens is 318 g/mol. The lowest BCUT2D eigenvalue weighted by molar-refractivity contribution is -0.133. The molecule has 1 fully saturated rings. The number of carbonyl (C=O) groups excluding carboxylic acids is 1. The van der Waals surface area contributed by atoms with E-state index in [0.29, 0.717) is 24.7 Å². The molecule has 0 aliphatic carbocycles. The summed E-state index contributed by atoms with van der Waals surface area (Å²) in [4.78, 5) is 14.5. The third-order valence-electron chi connectivity index (χ3n) is 4.28.